The van der Waals surface area contributed by atoms with Crippen LogP contribution in [0.4, 0.5) is 0 Å². The van der Waals surface area contributed by atoms with Gasteiger partial charge in [-0.05, 0) is 0 Å². The van der Waals surface area contributed by atoms with Crippen LogP contribution in [0.3, 0.4) is 0 Å². The van der Waals surface area contributed by atoms with Gasteiger partial charge in [0.1, 0.15) is 0 Å². The molecule has 0 rings (SSSR count). The molecule has 0 aromatic rings. The predicted octanol–water partition coefficient (Wildman–Crippen LogP) is 0.0236. The maximum Gasteiger partial charge on any atom is 2.00 e. The van der Waals surface area contributed by atoms with E-state index >= 15 is 0 Å². The van der Waals surface area contributed by atoms with Crippen molar-refractivity contribution in [1.82, 2.24) is 6.15 Å². The molecule has 0 unspecified atom stereocenters. The van der Waals surface area contributed by atoms with Gasteiger partial charge in [-0.25, -0.2) is 0 Å². The molecule has 0 spiro atoms. The minimum absolute atomic E-state index is 0. The summed E-state index contributed by atoms with van der Waals surface area (Å²) in [7, 11) is 0. The predicted molar refractivity (Wildman–Crippen MR) is 18.3 cm³/mol. The second-order valence-corrected chi connectivity index (χ2v) is 0. The van der Waals surface area contributed by atoms with Gasteiger partial charge in [-0.2, -0.15) is 0 Å². The molecule has 0 fully saturated rings. The summed E-state index contributed by atoms with van der Waals surface area (Å²) in [5.41, 5.74) is 0. The maximum absolute atomic E-state index is 6.00. The molecule has 0 saturated heterocycles. The fraction of sp³-hybridized carbons (Fsp3) is 0. The fourth-order valence-electron chi connectivity index (χ4n) is 0. The zero-order chi connectivity index (χ0) is 2.00. The van der Waals surface area contributed by atoms with Crippen LogP contribution < -0.4 is 6.15 Å². The summed E-state index contributed by atoms with van der Waals surface area (Å²) in [5, 5.41) is 12.0. The molecule has 0 aliphatic carbocycles. The molecule has 4 heteroatoms. The Morgan fingerprint density at radius 1 is 1.25 bits per heavy atom. The summed E-state index contributed by atoms with van der Waals surface area (Å²) in [6, 6.07) is 0. The first-order valence-electron chi connectivity index (χ1n) is 0.200. The van der Waals surface area contributed by atoms with Crippen molar-refractivity contribution in [1.29, 1.82) is 0 Å². The van der Waals surface area contributed by atoms with E-state index in [4.69, 9.17) is 10.5 Å². The van der Waals surface area contributed by atoms with Crippen LogP contribution in [0.15, 0.2) is 0 Å². The molecule has 26 valence electrons. The zero-order valence-corrected chi connectivity index (χ0v) is 4.52. The molecule has 0 atom stereocenters. The maximum atomic E-state index is 6.00. The number of rotatable bonds is 0. The Balaban J connectivity index is -0.000000000833. The van der Waals surface area contributed by atoms with Crippen LogP contribution in [0.2, 0.25) is 0 Å². The molecule has 0 aliphatic heterocycles. The van der Waals surface area contributed by atoms with Crippen molar-refractivity contribution in [2.24, 2.45) is 0 Å². The van der Waals surface area contributed by atoms with Gasteiger partial charge in [0, 0.05) is 0 Å². The summed E-state index contributed by atoms with van der Waals surface area (Å²) in [5.74, 6) is 0. The van der Waals surface area contributed by atoms with Crippen molar-refractivity contribution >= 4 is 37.7 Å². The molecule has 0 saturated carbocycles. The van der Waals surface area contributed by atoms with Gasteiger partial charge in [-0.3, -0.25) is 10.5 Å². The van der Waals surface area contributed by atoms with Crippen molar-refractivity contribution in [3.8, 4) is 0 Å². The molecule has 0 radical (unpaired) electrons. The first kappa shape index (κ1) is 19.2. The Labute approximate surface area is 57.1 Å². The molecule has 0 heterocycles. The molecule has 0 bridgehead atoms. The standard InChI is InChI=1S/Ca.H3N.H2O2.2H/c;;1-2;;/h;1H3;1-2H;;/q+2;;;2*-1. The quantitative estimate of drug-likeness (QED) is 0.224. The SMILES string of the molecule is N.OO.[Ca+2].[H-].[H-]. The largest absolute Gasteiger partial charge is 2.00 e. The zero-order valence-electron chi connectivity index (χ0n) is 4.31. The third kappa shape index (κ3) is 11.1. The van der Waals surface area contributed by atoms with E-state index in [0.29, 0.717) is 0 Å². The average molecular weight is 93.1 g/mol. The van der Waals surface area contributed by atoms with Gasteiger partial charge >= 0.3 is 37.7 Å². The van der Waals surface area contributed by atoms with Gasteiger partial charge in [-0.15, -0.1) is 0 Å². The van der Waals surface area contributed by atoms with Gasteiger partial charge in [0.05, 0.1) is 0 Å². The molecule has 0 aliphatic rings. The van der Waals surface area contributed by atoms with Crippen molar-refractivity contribution in [3.63, 3.8) is 0 Å². The Morgan fingerprint density at radius 3 is 1.25 bits per heavy atom. The first-order valence-corrected chi connectivity index (χ1v) is 0.200. The smallest absolute Gasteiger partial charge is 1.00 e. The summed E-state index contributed by atoms with van der Waals surface area (Å²) in [4.78, 5) is 0. The van der Waals surface area contributed by atoms with Crippen LogP contribution in [0, 0.1) is 0 Å². The Bertz CT molecular complexity index is 11.5. The molecule has 5 N–H and O–H groups in total. The first-order chi connectivity index (χ1) is 1.00. The van der Waals surface area contributed by atoms with Crippen LogP contribution in [0.5, 0.6) is 0 Å². The molecule has 0 aromatic heterocycles. The summed E-state index contributed by atoms with van der Waals surface area (Å²) < 4.78 is 0. The van der Waals surface area contributed by atoms with Gasteiger partial charge in [0.2, 0.25) is 0 Å². The van der Waals surface area contributed by atoms with Gasteiger partial charge in [0.25, 0.3) is 0 Å². The normalized spacial score (nSPS) is 1.50. The average Bonchev–Trinajstić information content (AvgIpc) is 1.00. The summed E-state index contributed by atoms with van der Waals surface area (Å²) in [6.45, 7) is 0. The van der Waals surface area contributed by atoms with E-state index in [-0.39, 0.29) is 46.7 Å². The van der Waals surface area contributed by atoms with E-state index in [9.17, 15) is 0 Å². The van der Waals surface area contributed by atoms with Crippen LogP contribution in [0.1, 0.15) is 2.85 Å². The van der Waals surface area contributed by atoms with Crippen molar-refractivity contribution < 1.29 is 13.4 Å². The van der Waals surface area contributed by atoms with Gasteiger partial charge in [-0.1, -0.05) is 0 Å². The Hall–Kier alpha value is 1.14. The summed E-state index contributed by atoms with van der Waals surface area (Å²) in [6.07, 6.45) is 0. The van der Waals surface area contributed by atoms with Gasteiger partial charge in [0.15, 0.2) is 0 Å². The second kappa shape index (κ2) is 31.4. The van der Waals surface area contributed by atoms with Crippen molar-refractivity contribution in [2.75, 3.05) is 0 Å². The van der Waals surface area contributed by atoms with E-state index in [2.05, 4.69) is 0 Å². The van der Waals surface area contributed by atoms with Crippen LogP contribution in [-0.2, 0) is 0 Å². The van der Waals surface area contributed by atoms with Crippen LogP contribution in [-0.4, -0.2) is 48.3 Å². The molecule has 0 aromatic carbocycles. The topological polar surface area (TPSA) is 75.5 Å². The molecular weight excluding hydrogens is 86.1 g/mol. The third-order valence-corrected chi connectivity index (χ3v) is 0. The molecule has 3 nitrogen and oxygen atoms in total. The van der Waals surface area contributed by atoms with Crippen LogP contribution in [0.25, 0.3) is 0 Å². The van der Waals surface area contributed by atoms with E-state index in [1.54, 1.807) is 0 Å². The minimum Gasteiger partial charge on any atom is -1.00 e. The van der Waals surface area contributed by atoms with E-state index in [1.165, 1.54) is 0 Å². The number of hydrogen-bond acceptors (Lipinski definition) is 3. The van der Waals surface area contributed by atoms with E-state index < -0.39 is 0 Å². The third-order valence-electron chi connectivity index (χ3n) is 0. The van der Waals surface area contributed by atoms with E-state index in [1.807, 2.05) is 0 Å². The summed E-state index contributed by atoms with van der Waals surface area (Å²) >= 11 is 0. The second-order valence-electron chi connectivity index (χ2n) is 0. The Kier molecular flexibility index (Phi) is 151. The monoisotopic (exact) mass is 93.0 g/mol. The number of hydrogen-bond donors (Lipinski definition) is 3. The van der Waals surface area contributed by atoms with Crippen LogP contribution >= 0.6 is 0 Å². The fourth-order valence-corrected chi connectivity index (χ4v) is 0. The van der Waals surface area contributed by atoms with Crippen molar-refractivity contribution in [2.45, 2.75) is 0 Å². The minimum atomic E-state index is 0. The molecular formula is H7CaNO2. The molecule has 0 amide bonds. The van der Waals surface area contributed by atoms with E-state index in [0.717, 1.165) is 0 Å². The van der Waals surface area contributed by atoms with Crippen molar-refractivity contribution in [3.05, 3.63) is 0 Å². The Morgan fingerprint density at radius 2 is 1.25 bits per heavy atom. The molecule has 4 heavy (non-hydrogen) atoms. The van der Waals surface area contributed by atoms with Gasteiger partial charge < -0.3 is 9.00 Å².